The van der Waals surface area contributed by atoms with Gasteiger partial charge in [0.25, 0.3) is 0 Å². The molecule has 154 valence electrons. The normalized spacial score (nSPS) is 16.7. The van der Waals surface area contributed by atoms with Crippen LogP contribution >= 0.6 is 0 Å². The Morgan fingerprint density at radius 1 is 1.13 bits per heavy atom. The van der Waals surface area contributed by atoms with E-state index >= 15 is 0 Å². The number of benzene rings is 2. The molecule has 0 fully saturated rings. The van der Waals surface area contributed by atoms with Crippen LogP contribution in [0, 0.1) is 6.92 Å². The molecule has 0 aliphatic carbocycles. The highest BCUT2D eigenvalue weighted by molar-refractivity contribution is 5.85. The number of hydrogen-bond donors (Lipinski definition) is 1. The van der Waals surface area contributed by atoms with E-state index in [4.69, 9.17) is 4.74 Å². The largest absolute Gasteiger partial charge is 0.494 e. The molecule has 1 aliphatic rings. The summed E-state index contributed by atoms with van der Waals surface area (Å²) in [5, 5.41) is 5.80. The van der Waals surface area contributed by atoms with Crippen molar-refractivity contribution in [1.29, 1.82) is 0 Å². The highest BCUT2D eigenvalue weighted by Crippen LogP contribution is 2.39. The average molecular weight is 401 g/mol. The predicted octanol–water partition coefficient (Wildman–Crippen LogP) is 4.76. The molecule has 1 N–H and O–H groups in total. The lowest BCUT2D eigenvalue weighted by atomic mass is 9.92. The summed E-state index contributed by atoms with van der Waals surface area (Å²) < 4.78 is 7.63. The molecule has 5 heteroatoms. The number of fused-ring (bicyclic) bond motifs is 3. The summed E-state index contributed by atoms with van der Waals surface area (Å²) >= 11 is 0. The van der Waals surface area contributed by atoms with Crippen molar-refractivity contribution in [1.82, 2.24) is 19.7 Å². The van der Waals surface area contributed by atoms with E-state index < -0.39 is 0 Å². The van der Waals surface area contributed by atoms with Gasteiger partial charge in [-0.25, -0.2) is 0 Å². The molecule has 0 bridgehead atoms. The molecule has 2 aromatic heterocycles. The van der Waals surface area contributed by atoms with Gasteiger partial charge in [-0.15, -0.1) is 0 Å². The number of hydrogen-bond acceptors (Lipinski definition) is 3. The molecule has 5 rings (SSSR count). The SMILES string of the molecule is CCOc1ccc(C2c3[nH]c4ccccc4c3CCN2Cc2cnn(C)c2C)cc1. The van der Waals surface area contributed by atoms with E-state index in [0.717, 1.165) is 25.3 Å². The maximum Gasteiger partial charge on any atom is 0.119 e. The number of rotatable bonds is 5. The van der Waals surface area contributed by atoms with Gasteiger partial charge in [-0.2, -0.15) is 5.10 Å². The summed E-state index contributed by atoms with van der Waals surface area (Å²) in [6.45, 7) is 6.74. The molecule has 1 aliphatic heterocycles. The Morgan fingerprint density at radius 3 is 2.67 bits per heavy atom. The van der Waals surface area contributed by atoms with Crippen molar-refractivity contribution in [3.8, 4) is 5.75 Å². The molecule has 0 spiro atoms. The topological polar surface area (TPSA) is 46.1 Å². The van der Waals surface area contributed by atoms with Crippen LogP contribution in [0.25, 0.3) is 10.9 Å². The highest BCUT2D eigenvalue weighted by atomic mass is 16.5. The van der Waals surface area contributed by atoms with Gasteiger partial charge in [0.15, 0.2) is 0 Å². The third-order valence-corrected chi connectivity index (χ3v) is 6.35. The zero-order chi connectivity index (χ0) is 20.7. The number of aryl methyl sites for hydroxylation is 1. The Labute approximate surface area is 177 Å². The molecule has 0 saturated heterocycles. The van der Waals surface area contributed by atoms with Crippen LogP contribution in [0.4, 0.5) is 0 Å². The first-order chi connectivity index (χ1) is 14.7. The van der Waals surface area contributed by atoms with Crippen LogP contribution in [0.5, 0.6) is 5.75 Å². The summed E-state index contributed by atoms with van der Waals surface area (Å²) in [5.41, 5.74) is 7.78. The number of ether oxygens (including phenoxy) is 1. The third kappa shape index (κ3) is 3.19. The lowest BCUT2D eigenvalue weighted by Gasteiger charge is -2.36. The molecule has 0 saturated carbocycles. The van der Waals surface area contributed by atoms with Gasteiger partial charge in [0.2, 0.25) is 0 Å². The predicted molar refractivity (Wildman–Crippen MR) is 120 cm³/mol. The Bertz CT molecular complexity index is 1170. The number of para-hydroxylation sites is 1. The minimum atomic E-state index is 0.177. The van der Waals surface area contributed by atoms with Crippen LogP contribution in [0.3, 0.4) is 0 Å². The van der Waals surface area contributed by atoms with Crippen molar-refractivity contribution in [2.45, 2.75) is 32.9 Å². The second-order valence-corrected chi connectivity index (χ2v) is 8.07. The standard InChI is InChI=1S/C25H28N4O/c1-4-30-20-11-9-18(10-12-20)25-24-22(21-7-5-6-8-23(21)27-24)13-14-29(25)16-19-15-26-28(3)17(19)2/h5-12,15,25,27H,4,13-14,16H2,1-3H3. The molecule has 30 heavy (non-hydrogen) atoms. The van der Waals surface area contributed by atoms with Crippen LogP contribution < -0.4 is 4.74 Å². The number of aromatic amines is 1. The first-order valence-electron chi connectivity index (χ1n) is 10.7. The van der Waals surface area contributed by atoms with Crippen LogP contribution in [0.15, 0.2) is 54.7 Å². The quantitative estimate of drug-likeness (QED) is 0.526. The van der Waals surface area contributed by atoms with Crippen molar-refractivity contribution < 1.29 is 4.74 Å². The second kappa shape index (κ2) is 7.65. The van der Waals surface area contributed by atoms with Gasteiger partial charge in [0.1, 0.15) is 5.75 Å². The second-order valence-electron chi connectivity index (χ2n) is 8.07. The minimum Gasteiger partial charge on any atom is -0.494 e. The molecular weight excluding hydrogens is 372 g/mol. The summed E-state index contributed by atoms with van der Waals surface area (Å²) in [6, 6.07) is 17.4. The Kier molecular flexibility index (Phi) is 4.83. The summed E-state index contributed by atoms with van der Waals surface area (Å²) in [4.78, 5) is 6.31. The van der Waals surface area contributed by atoms with Gasteiger partial charge >= 0.3 is 0 Å². The van der Waals surface area contributed by atoms with Crippen molar-refractivity contribution >= 4 is 10.9 Å². The van der Waals surface area contributed by atoms with Crippen molar-refractivity contribution in [2.24, 2.45) is 7.05 Å². The van der Waals surface area contributed by atoms with Crippen molar-refractivity contribution in [3.63, 3.8) is 0 Å². The summed E-state index contributed by atoms with van der Waals surface area (Å²) in [6.07, 6.45) is 3.05. The minimum absolute atomic E-state index is 0.177. The van der Waals surface area contributed by atoms with E-state index in [1.165, 1.54) is 39.0 Å². The number of aromatic nitrogens is 3. The molecule has 3 heterocycles. The Balaban J connectivity index is 1.59. The number of nitrogens with one attached hydrogen (secondary N) is 1. The van der Waals surface area contributed by atoms with Gasteiger partial charge in [0.05, 0.1) is 18.8 Å². The van der Waals surface area contributed by atoms with E-state index in [1.54, 1.807) is 0 Å². The van der Waals surface area contributed by atoms with Gasteiger partial charge in [-0.3, -0.25) is 9.58 Å². The molecule has 4 aromatic rings. The van der Waals surface area contributed by atoms with Crippen LogP contribution in [0.1, 0.15) is 41.0 Å². The fraction of sp³-hybridized carbons (Fsp3) is 0.320. The van der Waals surface area contributed by atoms with Crippen LogP contribution in [0.2, 0.25) is 0 Å². The number of H-pyrrole nitrogens is 1. The zero-order valence-electron chi connectivity index (χ0n) is 17.9. The maximum atomic E-state index is 5.67. The molecule has 1 atom stereocenters. The fourth-order valence-corrected chi connectivity index (χ4v) is 4.67. The zero-order valence-corrected chi connectivity index (χ0v) is 17.9. The Hall–Kier alpha value is -3.05. The van der Waals surface area contributed by atoms with Gasteiger partial charge in [-0.1, -0.05) is 30.3 Å². The van der Waals surface area contributed by atoms with E-state index in [0.29, 0.717) is 6.61 Å². The average Bonchev–Trinajstić information content (AvgIpc) is 3.29. The molecule has 0 amide bonds. The van der Waals surface area contributed by atoms with E-state index in [1.807, 2.05) is 24.9 Å². The molecular formula is C25H28N4O. The third-order valence-electron chi connectivity index (χ3n) is 6.35. The lowest BCUT2D eigenvalue weighted by Crippen LogP contribution is -2.35. The van der Waals surface area contributed by atoms with Crippen LogP contribution in [-0.2, 0) is 20.0 Å². The van der Waals surface area contributed by atoms with Gasteiger partial charge in [0, 0.05) is 48.0 Å². The maximum absolute atomic E-state index is 5.67. The van der Waals surface area contributed by atoms with Crippen molar-refractivity contribution in [3.05, 3.63) is 82.8 Å². The molecule has 2 aromatic carbocycles. The summed E-state index contributed by atoms with van der Waals surface area (Å²) in [5.74, 6) is 0.920. The summed E-state index contributed by atoms with van der Waals surface area (Å²) in [7, 11) is 2.01. The lowest BCUT2D eigenvalue weighted by molar-refractivity contribution is 0.201. The van der Waals surface area contributed by atoms with Crippen molar-refractivity contribution in [2.75, 3.05) is 13.2 Å². The Morgan fingerprint density at radius 2 is 1.93 bits per heavy atom. The smallest absolute Gasteiger partial charge is 0.119 e. The first-order valence-corrected chi connectivity index (χ1v) is 10.7. The molecule has 1 unspecified atom stereocenters. The van der Waals surface area contributed by atoms with E-state index in [2.05, 4.69) is 70.4 Å². The fourth-order valence-electron chi connectivity index (χ4n) is 4.67. The van der Waals surface area contributed by atoms with Gasteiger partial charge < -0.3 is 9.72 Å². The first kappa shape index (κ1) is 18.9. The number of nitrogens with zero attached hydrogens (tertiary/aromatic N) is 3. The van der Waals surface area contributed by atoms with E-state index in [-0.39, 0.29) is 6.04 Å². The monoisotopic (exact) mass is 400 g/mol. The van der Waals surface area contributed by atoms with Gasteiger partial charge in [-0.05, 0) is 49.6 Å². The van der Waals surface area contributed by atoms with E-state index in [9.17, 15) is 0 Å². The highest BCUT2D eigenvalue weighted by Gasteiger charge is 2.32. The molecule has 0 radical (unpaired) electrons. The molecule has 5 nitrogen and oxygen atoms in total. The van der Waals surface area contributed by atoms with Crippen LogP contribution in [-0.4, -0.2) is 32.8 Å².